The van der Waals surface area contributed by atoms with E-state index in [1.54, 1.807) is 11.3 Å². The molecule has 0 saturated heterocycles. The van der Waals surface area contributed by atoms with E-state index in [9.17, 15) is 0 Å². The Balaban J connectivity index is 2.17. The van der Waals surface area contributed by atoms with E-state index in [4.69, 9.17) is 5.73 Å². The zero-order chi connectivity index (χ0) is 11.5. The summed E-state index contributed by atoms with van der Waals surface area (Å²) in [6, 6.07) is 1.93. The monoisotopic (exact) mass is 234 g/mol. The van der Waals surface area contributed by atoms with Crippen molar-refractivity contribution in [1.82, 2.24) is 9.97 Å². The molecule has 2 aromatic heterocycles. The minimum atomic E-state index is 0.706. The molecule has 0 radical (unpaired) electrons. The average Bonchev–Trinajstić information content (AvgIpc) is 2.70. The van der Waals surface area contributed by atoms with Crippen LogP contribution >= 0.6 is 11.3 Å². The van der Waals surface area contributed by atoms with Crippen LogP contribution in [0.15, 0.2) is 23.2 Å². The first-order chi connectivity index (χ1) is 7.66. The van der Waals surface area contributed by atoms with E-state index >= 15 is 0 Å². The second-order valence-corrected chi connectivity index (χ2v) is 4.48. The number of hydrogen-bond donors (Lipinski definition) is 1. The van der Waals surface area contributed by atoms with Gasteiger partial charge >= 0.3 is 0 Å². The van der Waals surface area contributed by atoms with Crippen molar-refractivity contribution in [2.75, 3.05) is 17.7 Å². The normalized spacial score (nSPS) is 10.4. The van der Waals surface area contributed by atoms with Crippen LogP contribution in [-0.4, -0.2) is 17.0 Å². The molecule has 2 heterocycles. The van der Waals surface area contributed by atoms with Crippen molar-refractivity contribution in [3.05, 3.63) is 34.4 Å². The highest BCUT2D eigenvalue weighted by Gasteiger charge is 2.08. The number of aryl methyl sites for hydroxylation is 1. The molecule has 0 amide bonds. The fourth-order valence-electron chi connectivity index (χ4n) is 1.54. The molecule has 2 aromatic rings. The molecule has 0 bridgehead atoms. The van der Waals surface area contributed by atoms with Gasteiger partial charge in [-0.05, 0) is 18.6 Å². The van der Waals surface area contributed by atoms with Crippen LogP contribution in [0.1, 0.15) is 11.3 Å². The summed E-state index contributed by atoms with van der Waals surface area (Å²) in [6.45, 7) is 2.71. The maximum Gasteiger partial charge on any atom is 0.151 e. The van der Waals surface area contributed by atoms with Crippen molar-refractivity contribution in [2.24, 2.45) is 0 Å². The molecule has 5 heteroatoms. The molecule has 0 aliphatic heterocycles. The number of aromatic nitrogens is 2. The Morgan fingerprint density at radius 3 is 2.88 bits per heavy atom. The van der Waals surface area contributed by atoms with Crippen LogP contribution in [0.2, 0.25) is 0 Å². The molecule has 16 heavy (non-hydrogen) atoms. The van der Waals surface area contributed by atoms with Gasteiger partial charge in [0.2, 0.25) is 0 Å². The predicted molar refractivity (Wildman–Crippen MR) is 67.6 cm³/mol. The minimum absolute atomic E-state index is 0.706. The third-order valence-electron chi connectivity index (χ3n) is 2.28. The van der Waals surface area contributed by atoms with Crippen LogP contribution in [0.4, 0.5) is 11.5 Å². The highest BCUT2D eigenvalue weighted by Crippen LogP contribution is 2.21. The van der Waals surface area contributed by atoms with Gasteiger partial charge in [0.15, 0.2) is 5.82 Å². The highest BCUT2D eigenvalue weighted by atomic mass is 32.1. The number of hydrogen-bond acceptors (Lipinski definition) is 5. The van der Waals surface area contributed by atoms with Crippen LogP contribution in [0.25, 0.3) is 0 Å². The molecule has 0 fully saturated rings. The molecule has 0 atom stereocenters. The maximum atomic E-state index is 5.93. The van der Waals surface area contributed by atoms with Gasteiger partial charge in [-0.25, -0.2) is 9.97 Å². The Labute approximate surface area is 98.8 Å². The summed E-state index contributed by atoms with van der Waals surface area (Å²) in [5, 5.41) is 2.03. The molecule has 4 nitrogen and oxygen atoms in total. The van der Waals surface area contributed by atoms with Crippen LogP contribution in [0, 0.1) is 6.92 Å². The highest BCUT2D eigenvalue weighted by molar-refractivity contribution is 7.07. The Morgan fingerprint density at radius 2 is 2.25 bits per heavy atom. The lowest BCUT2D eigenvalue weighted by molar-refractivity contribution is 0.875. The molecular formula is C11H14N4S. The Kier molecular flexibility index (Phi) is 3.05. The lowest BCUT2D eigenvalue weighted by Crippen LogP contribution is -2.19. The zero-order valence-corrected chi connectivity index (χ0v) is 10.2. The van der Waals surface area contributed by atoms with E-state index in [0.29, 0.717) is 5.69 Å². The van der Waals surface area contributed by atoms with Gasteiger partial charge in [-0.15, -0.1) is 11.3 Å². The van der Waals surface area contributed by atoms with Crippen molar-refractivity contribution in [3.8, 4) is 0 Å². The van der Waals surface area contributed by atoms with Gasteiger partial charge < -0.3 is 10.6 Å². The SMILES string of the molecule is Cc1cnc(N(C)Cc2cscn2)c(N)c1. The van der Waals surface area contributed by atoms with Gasteiger partial charge in [0.1, 0.15) is 0 Å². The van der Waals surface area contributed by atoms with Crippen LogP contribution in [0.3, 0.4) is 0 Å². The molecule has 0 aliphatic carbocycles. The number of nitrogens with zero attached hydrogens (tertiary/aromatic N) is 3. The summed E-state index contributed by atoms with van der Waals surface area (Å²) in [5.74, 6) is 0.804. The van der Waals surface area contributed by atoms with Gasteiger partial charge in [-0.3, -0.25) is 0 Å². The van der Waals surface area contributed by atoms with Crippen molar-refractivity contribution in [3.63, 3.8) is 0 Å². The van der Waals surface area contributed by atoms with Gasteiger partial charge in [-0.2, -0.15) is 0 Å². The Bertz CT molecular complexity index is 467. The summed E-state index contributed by atoms with van der Waals surface area (Å²) < 4.78 is 0. The molecule has 2 rings (SSSR count). The number of anilines is 2. The number of rotatable bonds is 3. The molecule has 84 valence electrons. The molecule has 0 saturated carbocycles. The van der Waals surface area contributed by atoms with Gasteiger partial charge in [0.25, 0.3) is 0 Å². The van der Waals surface area contributed by atoms with E-state index in [2.05, 4.69) is 9.97 Å². The summed E-state index contributed by atoms with van der Waals surface area (Å²) >= 11 is 1.59. The smallest absolute Gasteiger partial charge is 0.151 e. The fourth-order valence-corrected chi connectivity index (χ4v) is 2.09. The van der Waals surface area contributed by atoms with Gasteiger partial charge in [0.05, 0.1) is 23.4 Å². The lowest BCUT2D eigenvalue weighted by atomic mass is 10.2. The molecular weight excluding hydrogens is 220 g/mol. The Hall–Kier alpha value is -1.62. The van der Waals surface area contributed by atoms with E-state index in [1.807, 2.05) is 42.0 Å². The topological polar surface area (TPSA) is 55.0 Å². The van der Waals surface area contributed by atoms with E-state index in [0.717, 1.165) is 23.6 Å². The van der Waals surface area contributed by atoms with Gasteiger partial charge in [0, 0.05) is 18.6 Å². The van der Waals surface area contributed by atoms with Crippen molar-refractivity contribution >= 4 is 22.8 Å². The standard InChI is InChI=1S/C11H14N4S/c1-8-3-10(12)11(13-4-8)15(2)5-9-6-16-7-14-9/h3-4,6-7H,5,12H2,1-2H3. The average molecular weight is 234 g/mol. The Morgan fingerprint density at radius 1 is 1.44 bits per heavy atom. The van der Waals surface area contributed by atoms with Crippen LogP contribution in [0.5, 0.6) is 0 Å². The summed E-state index contributed by atoms with van der Waals surface area (Å²) in [5.41, 5.74) is 10.6. The number of nitrogens with two attached hydrogens (primary N) is 1. The van der Waals surface area contributed by atoms with E-state index in [1.165, 1.54) is 0 Å². The quantitative estimate of drug-likeness (QED) is 0.883. The maximum absolute atomic E-state index is 5.93. The molecule has 0 aliphatic rings. The third kappa shape index (κ3) is 2.30. The van der Waals surface area contributed by atoms with E-state index in [-0.39, 0.29) is 0 Å². The van der Waals surface area contributed by atoms with Crippen molar-refractivity contribution in [1.29, 1.82) is 0 Å². The summed E-state index contributed by atoms with van der Waals surface area (Å²) in [7, 11) is 1.97. The first kappa shape index (κ1) is 10.9. The van der Waals surface area contributed by atoms with Crippen LogP contribution in [-0.2, 0) is 6.54 Å². The zero-order valence-electron chi connectivity index (χ0n) is 9.34. The fraction of sp³-hybridized carbons (Fsp3) is 0.273. The molecule has 0 spiro atoms. The number of thiazole rings is 1. The van der Waals surface area contributed by atoms with Gasteiger partial charge in [-0.1, -0.05) is 0 Å². The largest absolute Gasteiger partial charge is 0.396 e. The number of nitrogen functional groups attached to an aromatic ring is 1. The first-order valence-corrected chi connectivity index (χ1v) is 5.91. The minimum Gasteiger partial charge on any atom is -0.396 e. The number of pyridine rings is 1. The summed E-state index contributed by atoms with van der Waals surface area (Å²) in [6.07, 6.45) is 1.82. The lowest BCUT2D eigenvalue weighted by Gasteiger charge is -2.18. The second kappa shape index (κ2) is 4.49. The van der Waals surface area contributed by atoms with Crippen LogP contribution < -0.4 is 10.6 Å². The van der Waals surface area contributed by atoms with E-state index < -0.39 is 0 Å². The predicted octanol–water partition coefficient (Wildman–Crippen LogP) is 2.07. The first-order valence-electron chi connectivity index (χ1n) is 4.97. The third-order valence-corrected chi connectivity index (χ3v) is 2.91. The van der Waals surface area contributed by atoms with Crippen molar-refractivity contribution < 1.29 is 0 Å². The summed E-state index contributed by atoms with van der Waals surface area (Å²) in [4.78, 5) is 10.6. The second-order valence-electron chi connectivity index (χ2n) is 3.76. The molecule has 0 unspecified atom stereocenters. The molecule has 2 N–H and O–H groups in total. The van der Waals surface area contributed by atoms with Crippen molar-refractivity contribution in [2.45, 2.75) is 13.5 Å². The molecule has 0 aromatic carbocycles.